The Bertz CT molecular complexity index is 513. The van der Waals surface area contributed by atoms with Gasteiger partial charge in [-0.2, -0.15) is 0 Å². The van der Waals surface area contributed by atoms with Gasteiger partial charge >= 0.3 is 0 Å². The van der Waals surface area contributed by atoms with E-state index in [9.17, 15) is 8.78 Å². The molecule has 4 heteroatoms. The second-order valence-electron chi connectivity index (χ2n) is 3.93. The molecule has 2 aromatic carbocycles. The lowest BCUT2D eigenvalue weighted by Crippen LogP contribution is -2.19. The minimum atomic E-state index is -0.381. The molecule has 0 aliphatic carbocycles. The summed E-state index contributed by atoms with van der Waals surface area (Å²) in [6.07, 6.45) is 0. The van der Waals surface area contributed by atoms with Crippen LogP contribution < -0.4 is 10.5 Å². The molecule has 0 saturated carbocycles. The monoisotopic (exact) mass is 249 g/mol. The second kappa shape index (κ2) is 5.60. The number of hydrogen-bond donors (Lipinski definition) is 1. The van der Waals surface area contributed by atoms with Gasteiger partial charge in [-0.1, -0.05) is 18.2 Å². The minimum absolute atomic E-state index is 0.203. The molecule has 18 heavy (non-hydrogen) atoms. The van der Waals surface area contributed by atoms with E-state index in [2.05, 4.69) is 0 Å². The molecule has 2 rings (SSSR count). The summed E-state index contributed by atoms with van der Waals surface area (Å²) in [6, 6.07) is 11.4. The molecular formula is C14H13F2NO. The van der Waals surface area contributed by atoms with Crippen LogP contribution >= 0.6 is 0 Å². The predicted molar refractivity (Wildman–Crippen MR) is 65.2 cm³/mol. The highest BCUT2D eigenvalue weighted by Crippen LogP contribution is 2.16. The number of ether oxygens (including phenoxy) is 1. The molecule has 1 unspecified atom stereocenters. The van der Waals surface area contributed by atoms with Crippen LogP contribution in [0.5, 0.6) is 5.75 Å². The van der Waals surface area contributed by atoms with Gasteiger partial charge in [0.1, 0.15) is 24.0 Å². The maximum Gasteiger partial charge on any atom is 0.126 e. The summed E-state index contributed by atoms with van der Waals surface area (Å²) in [6.45, 7) is 0.203. The fourth-order valence-electron chi connectivity index (χ4n) is 1.55. The van der Waals surface area contributed by atoms with Crippen LogP contribution in [-0.4, -0.2) is 6.61 Å². The van der Waals surface area contributed by atoms with Crippen LogP contribution in [0.2, 0.25) is 0 Å². The zero-order chi connectivity index (χ0) is 13.0. The molecule has 0 heterocycles. The predicted octanol–water partition coefficient (Wildman–Crippen LogP) is 3.04. The van der Waals surface area contributed by atoms with E-state index in [1.165, 1.54) is 24.3 Å². The molecular weight excluding hydrogens is 236 g/mol. The smallest absolute Gasteiger partial charge is 0.126 e. The molecule has 1 atom stereocenters. The summed E-state index contributed by atoms with van der Waals surface area (Å²) >= 11 is 0. The summed E-state index contributed by atoms with van der Waals surface area (Å²) in [5.41, 5.74) is 6.66. The van der Waals surface area contributed by atoms with Gasteiger partial charge in [0.2, 0.25) is 0 Å². The number of hydrogen-bond acceptors (Lipinski definition) is 2. The molecule has 0 amide bonds. The first-order chi connectivity index (χ1) is 8.65. The quantitative estimate of drug-likeness (QED) is 0.903. The van der Waals surface area contributed by atoms with Crippen molar-refractivity contribution in [1.82, 2.24) is 0 Å². The fraction of sp³-hybridized carbons (Fsp3) is 0.143. The van der Waals surface area contributed by atoms with E-state index in [0.717, 1.165) is 5.56 Å². The summed E-state index contributed by atoms with van der Waals surface area (Å²) in [5.74, 6) is -0.243. The van der Waals surface area contributed by atoms with Crippen molar-refractivity contribution < 1.29 is 13.5 Å². The highest BCUT2D eigenvalue weighted by molar-refractivity contribution is 5.23. The van der Waals surface area contributed by atoms with Gasteiger partial charge in [-0.05, 0) is 29.8 Å². The van der Waals surface area contributed by atoms with Crippen LogP contribution in [0.4, 0.5) is 8.78 Å². The van der Waals surface area contributed by atoms with Crippen molar-refractivity contribution in [3.63, 3.8) is 0 Å². The van der Waals surface area contributed by atoms with Crippen LogP contribution in [0.3, 0.4) is 0 Å². The molecule has 0 fully saturated rings. The van der Waals surface area contributed by atoms with E-state index in [0.29, 0.717) is 5.75 Å². The van der Waals surface area contributed by atoms with Crippen molar-refractivity contribution in [2.24, 2.45) is 5.73 Å². The van der Waals surface area contributed by atoms with Gasteiger partial charge in [0.05, 0.1) is 6.04 Å². The van der Waals surface area contributed by atoms with E-state index >= 15 is 0 Å². The molecule has 94 valence electrons. The molecule has 0 radical (unpaired) electrons. The van der Waals surface area contributed by atoms with Crippen LogP contribution in [0.15, 0.2) is 48.5 Å². The van der Waals surface area contributed by atoms with Gasteiger partial charge in [-0.25, -0.2) is 8.78 Å². The maximum absolute atomic E-state index is 12.9. The van der Waals surface area contributed by atoms with Crippen LogP contribution in [0, 0.1) is 11.6 Å². The number of rotatable bonds is 4. The molecule has 0 aliphatic heterocycles. The summed E-state index contributed by atoms with van der Waals surface area (Å²) < 4.78 is 31.0. The first kappa shape index (κ1) is 12.5. The molecule has 0 bridgehead atoms. The molecule has 2 aromatic rings. The first-order valence-electron chi connectivity index (χ1n) is 5.54. The van der Waals surface area contributed by atoms with Gasteiger partial charge in [-0.3, -0.25) is 0 Å². The van der Waals surface area contributed by atoms with E-state index in [1.807, 2.05) is 0 Å². The van der Waals surface area contributed by atoms with Gasteiger partial charge < -0.3 is 10.5 Å². The number of halogens is 2. The van der Waals surface area contributed by atoms with E-state index in [4.69, 9.17) is 10.5 Å². The molecule has 0 spiro atoms. The van der Waals surface area contributed by atoms with Crippen LogP contribution in [0.1, 0.15) is 11.6 Å². The topological polar surface area (TPSA) is 35.2 Å². The first-order valence-corrected chi connectivity index (χ1v) is 5.54. The zero-order valence-corrected chi connectivity index (χ0v) is 9.64. The maximum atomic E-state index is 12.9. The van der Waals surface area contributed by atoms with Crippen molar-refractivity contribution in [3.8, 4) is 5.75 Å². The Labute approximate surface area is 104 Å². The third-order valence-electron chi connectivity index (χ3n) is 2.52. The SMILES string of the molecule is NC(COc1cccc(F)c1)c1ccc(F)cc1. The van der Waals surface area contributed by atoms with Crippen molar-refractivity contribution in [1.29, 1.82) is 0 Å². The third kappa shape index (κ3) is 3.28. The zero-order valence-electron chi connectivity index (χ0n) is 9.64. The third-order valence-corrected chi connectivity index (χ3v) is 2.52. The van der Waals surface area contributed by atoms with Crippen LogP contribution in [0.25, 0.3) is 0 Å². The van der Waals surface area contributed by atoms with E-state index < -0.39 is 0 Å². The highest BCUT2D eigenvalue weighted by atomic mass is 19.1. The van der Waals surface area contributed by atoms with E-state index in [1.54, 1.807) is 24.3 Å². The molecule has 0 aromatic heterocycles. The number of benzene rings is 2. The van der Waals surface area contributed by atoms with Gasteiger partial charge in [-0.15, -0.1) is 0 Å². The average molecular weight is 249 g/mol. The Morgan fingerprint density at radius 2 is 1.72 bits per heavy atom. The Morgan fingerprint density at radius 1 is 1.00 bits per heavy atom. The molecule has 2 N–H and O–H groups in total. The van der Waals surface area contributed by atoms with Crippen molar-refractivity contribution in [2.75, 3.05) is 6.61 Å². The Kier molecular flexibility index (Phi) is 3.89. The Hall–Kier alpha value is -1.94. The molecule has 0 aliphatic rings. The Morgan fingerprint density at radius 3 is 2.39 bits per heavy atom. The van der Waals surface area contributed by atoms with Crippen LogP contribution in [-0.2, 0) is 0 Å². The molecule has 2 nitrogen and oxygen atoms in total. The lowest BCUT2D eigenvalue weighted by molar-refractivity contribution is 0.289. The summed E-state index contributed by atoms with van der Waals surface area (Å²) in [7, 11) is 0. The van der Waals surface area contributed by atoms with Crippen molar-refractivity contribution in [2.45, 2.75) is 6.04 Å². The normalized spacial score (nSPS) is 12.2. The second-order valence-corrected chi connectivity index (χ2v) is 3.93. The molecule has 0 saturated heterocycles. The van der Waals surface area contributed by atoms with Gasteiger partial charge in [0, 0.05) is 6.07 Å². The van der Waals surface area contributed by atoms with Gasteiger partial charge in [0.15, 0.2) is 0 Å². The average Bonchev–Trinajstić information content (AvgIpc) is 2.37. The number of nitrogens with two attached hydrogens (primary N) is 1. The fourth-order valence-corrected chi connectivity index (χ4v) is 1.55. The summed E-state index contributed by atoms with van der Waals surface area (Å²) in [4.78, 5) is 0. The minimum Gasteiger partial charge on any atom is -0.492 e. The van der Waals surface area contributed by atoms with E-state index in [-0.39, 0.29) is 24.3 Å². The van der Waals surface area contributed by atoms with Crippen molar-refractivity contribution >= 4 is 0 Å². The van der Waals surface area contributed by atoms with Crippen molar-refractivity contribution in [3.05, 3.63) is 65.7 Å². The lowest BCUT2D eigenvalue weighted by Gasteiger charge is -2.13. The summed E-state index contributed by atoms with van der Waals surface area (Å²) in [5, 5.41) is 0. The van der Waals surface area contributed by atoms with Gasteiger partial charge in [0.25, 0.3) is 0 Å². The highest BCUT2D eigenvalue weighted by Gasteiger charge is 2.07. The lowest BCUT2D eigenvalue weighted by atomic mass is 10.1. The standard InChI is InChI=1S/C14H13F2NO/c15-11-6-4-10(5-7-11)14(17)9-18-13-3-1-2-12(16)8-13/h1-8,14H,9,17H2. The Balaban J connectivity index is 1.96. The largest absolute Gasteiger partial charge is 0.492 e.